The summed E-state index contributed by atoms with van der Waals surface area (Å²) >= 11 is 0. The second-order valence-corrected chi connectivity index (χ2v) is 9.43. The first-order valence-electron chi connectivity index (χ1n) is 9.08. The van der Waals surface area contributed by atoms with Crippen LogP contribution in [-0.2, 0) is 14.8 Å². The van der Waals surface area contributed by atoms with Gasteiger partial charge in [-0.05, 0) is 60.7 Å². The lowest BCUT2D eigenvalue weighted by Crippen LogP contribution is -2.23. The Morgan fingerprint density at radius 3 is 2.32 bits per heavy atom. The second-order valence-electron chi connectivity index (χ2n) is 7.27. The smallest absolute Gasteiger partial charge is 0.262 e. The molecule has 0 saturated heterocycles. The van der Waals surface area contributed by atoms with Crippen LogP contribution in [0.1, 0.15) is 36.5 Å². The summed E-state index contributed by atoms with van der Waals surface area (Å²) in [6.45, 7) is 7.91. The summed E-state index contributed by atoms with van der Waals surface area (Å²) < 4.78 is 31.3. The van der Waals surface area contributed by atoms with Crippen LogP contribution < -0.4 is 10.1 Å². The molecule has 0 aliphatic heterocycles. The molecule has 0 unspecified atom stereocenters. The molecule has 152 valence electrons. The Balaban J connectivity index is 2.08. The quantitative estimate of drug-likeness (QED) is 0.764. The SMILES string of the molecule is Cc1ccc(S(=O)(=O)N(C)C)cc1NC(=O)COc1ccc(C(C)C)c(C)c1. The van der Waals surface area contributed by atoms with Gasteiger partial charge in [0.05, 0.1) is 4.90 Å². The van der Waals surface area contributed by atoms with E-state index >= 15 is 0 Å². The number of benzene rings is 2. The molecule has 0 atom stereocenters. The highest BCUT2D eigenvalue weighted by Gasteiger charge is 2.18. The second kappa shape index (κ2) is 8.75. The number of hydrogen-bond donors (Lipinski definition) is 1. The minimum Gasteiger partial charge on any atom is -0.484 e. The minimum absolute atomic E-state index is 0.124. The Morgan fingerprint density at radius 2 is 1.75 bits per heavy atom. The summed E-state index contributed by atoms with van der Waals surface area (Å²) in [7, 11) is -0.640. The van der Waals surface area contributed by atoms with E-state index < -0.39 is 10.0 Å². The van der Waals surface area contributed by atoms with Crippen LogP contribution in [0.3, 0.4) is 0 Å². The Morgan fingerprint density at radius 1 is 1.07 bits per heavy atom. The first kappa shape index (κ1) is 21.9. The van der Waals surface area contributed by atoms with Gasteiger partial charge in [-0.3, -0.25) is 4.79 Å². The van der Waals surface area contributed by atoms with E-state index in [1.165, 1.54) is 31.8 Å². The standard InChI is InChI=1S/C21H28N2O4S/c1-14(2)19-10-8-17(11-16(19)4)27-13-21(24)22-20-12-18(9-7-15(20)3)28(25,26)23(5)6/h7-12,14H,13H2,1-6H3,(H,22,24). The van der Waals surface area contributed by atoms with Crippen LogP contribution in [-0.4, -0.2) is 39.3 Å². The maximum absolute atomic E-state index is 12.3. The molecule has 6 nitrogen and oxygen atoms in total. The molecule has 0 aliphatic carbocycles. The largest absolute Gasteiger partial charge is 0.484 e. The van der Waals surface area contributed by atoms with Gasteiger partial charge in [0.1, 0.15) is 5.75 Å². The minimum atomic E-state index is -3.57. The molecule has 0 bridgehead atoms. The molecule has 7 heteroatoms. The zero-order valence-corrected chi connectivity index (χ0v) is 18.1. The van der Waals surface area contributed by atoms with Gasteiger partial charge in [-0.1, -0.05) is 26.0 Å². The summed E-state index contributed by atoms with van der Waals surface area (Å²) in [5, 5.41) is 2.73. The topological polar surface area (TPSA) is 75.7 Å². The summed E-state index contributed by atoms with van der Waals surface area (Å²) in [5.41, 5.74) is 3.57. The molecule has 2 aromatic carbocycles. The molecule has 1 N–H and O–H groups in total. The number of nitrogens with zero attached hydrogens (tertiary/aromatic N) is 1. The van der Waals surface area contributed by atoms with Crippen molar-refractivity contribution >= 4 is 21.6 Å². The van der Waals surface area contributed by atoms with E-state index in [4.69, 9.17) is 4.74 Å². The van der Waals surface area contributed by atoms with Gasteiger partial charge in [0.25, 0.3) is 5.91 Å². The number of ether oxygens (including phenoxy) is 1. The molecule has 0 radical (unpaired) electrons. The fraction of sp³-hybridized carbons (Fsp3) is 0.381. The molecular formula is C21H28N2O4S. The maximum atomic E-state index is 12.3. The third-order valence-electron chi connectivity index (χ3n) is 4.49. The normalized spacial score (nSPS) is 11.7. The zero-order chi connectivity index (χ0) is 21.1. The van der Waals surface area contributed by atoms with Crippen LogP contribution in [0.25, 0.3) is 0 Å². The number of rotatable bonds is 7. The van der Waals surface area contributed by atoms with Crippen LogP contribution in [0.5, 0.6) is 5.75 Å². The third kappa shape index (κ3) is 5.11. The molecule has 1 amide bonds. The first-order chi connectivity index (χ1) is 13.0. The fourth-order valence-electron chi connectivity index (χ4n) is 2.83. The third-order valence-corrected chi connectivity index (χ3v) is 6.31. The highest BCUT2D eigenvalue weighted by molar-refractivity contribution is 7.89. The average Bonchev–Trinajstić information content (AvgIpc) is 2.61. The molecular weight excluding hydrogens is 376 g/mol. The number of nitrogens with one attached hydrogen (secondary N) is 1. The van der Waals surface area contributed by atoms with E-state index in [-0.39, 0.29) is 17.4 Å². The van der Waals surface area contributed by atoms with Gasteiger partial charge in [-0.15, -0.1) is 0 Å². The van der Waals surface area contributed by atoms with Crippen molar-refractivity contribution in [2.75, 3.05) is 26.0 Å². The van der Waals surface area contributed by atoms with Crippen molar-refractivity contribution in [3.8, 4) is 5.75 Å². The van der Waals surface area contributed by atoms with E-state index in [0.29, 0.717) is 17.4 Å². The molecule has 2 rings (SSSR count). The monoisotopic (exact) mass is 404 g/mol. The number of sulfonamides is 1. The summed E-state index contributed by atoms with van der Waals surface area (Å²) in [5.74, 6) is 0.692. The van der Waals surface area contributed by atoms with Crippen LogP contribution in [0.2, 0.25) is 0 Å². The lowest BCUT2D eigenvalue weighted by atomic mass is 9.98. The number of amides is 1. The number of aryl methyl sites for hydroxylation is 2. The van der Waals surface area contributed by atoms with E-state index in [0.717, 1.165) is 15.4 Å². The summed E-state index contributed by atoms with van der Waals surface area (Å²) in [4.78, 5) is 12.4. The van der Waals surface area contributed by atoms with Crippen molar-refractivity contribution in [2.24, 2.45) is 0 Å². The van der Waals surface area contributed by atoms with Crippen LogP contribution in [0.15, 0.2) is 41.3 Å². The lowest BCUT2D eigenvalue weighted by Gasteiger charge is -2.15. The lowest BCUT2D eigenvalue weighted by molar-refractivity contribution is -0.118. The van der Waals surface area contributed by atoms with Gasteiger partial charge in [-0.2, -0.15) is 0 Å². The molecule has 0 spiro atoms. The molecule has 28 heavy (non-hydrogen) atoms. The van der Waals surface area contributed by atoms with Crippen LogP contribution in [0.4, 0.5) is 5.69 Å². The van der Waals surface area contributed by atoms with Crippen molar-refractivity contribution in [3.63, 3.8) is 0 Å². The Labute approximate surface area is 167 Å². The average molecular weight is 405 g/mol. The van der Waals surface area contributed by atoms with E-state index in [2.05, 4.69) is 19.2 Å². The molecule has 0 saturated carbocycles. The predicted octanol–water partition coefficient (Wildman–Crippen LogP) is 3.69. The fourth-order valence-corrected chi connectivity index (χ4v) is 3.76. The van der Waals surface area contributed by atoms with Gasteiger partial charge in [0, 0.05) is 19.8 Å². The van der Waals surface area contributed by atoms with Crippen molar-refractivity contribution in [3.05, 3.63) is 53.1 Å². The summed E-state index contributed by atoms with van der Waals surface area (Å²) in [6.07, 6.45) is 0. The van der Waals surface area contributed by atoms with Gasteiger partial charge in [-0.25, -0.2) is 12.7 Å². The molecule has 0 aromatic heterocycles. The summed E-state index contributed by atoms with van der Waals surface area (Å²) in [6, 6.07) is 10.4. The maximum Gasteiger partial charge on any atom is 0.262 e. The first-order valence-corrected chi connectivity index (χ1v) is 10.5. The number of anilines is 1. The molecule has 2 aromatic rings. The molecule has 0 aliphatic rings. The van der Waals surface area contributed by atoms with E-state index in [1.54, 1.807) is 13.0 Å². The predicted molar refractivity (Wildman–Crippen MR) is 111 cm³/mol. The Bertz CT molecular complexity index is 966. The van der Waals surface area contributed by atoms with E-state index in [9.17, 15) is 13.2 Å². The molecule has 0 heterocycles. The number of hydrogen-bond acceptors (Lipinski definition) is 4. The van der Waals surface area contributed by atoms with Crippen molar-refractivity contribution in [1.82, 2.24) is 4.31 Å². The number of carbonyl (C=O) groups excluding carboxylic acids is 1. The van der Waals surface area contributed by atoms with Gasteiger partial charge in [0.15, 0.2) is 6.61 Å². The van der Waals surface area contributed by atoms with Gasteiger partial charge in [0.2, 0.25) is 10.0 Å². The van der Waals surface area contributed by atoms with Gasteiger partial charge >= 0.3 is 0 Å². The Hall–Kier alpha value is -2.38. The van der Waals surface area contributed by atoms with E-state index in [1.807, 2.05) is 25.1 Å². The van der Waals surface area contributed by atoms with Crippen molar-refractivity contribution in [2.45, 2.75) is 38.5 Å². The molecule has 0 fully saturated rings. The Kier molecular flexibility index (Phi) is 6.85. The van der Waals surface area contributed by atoms with Crippen molar-refractivity contribution < 1.29 is 17.9 Å². The highest BCUT2D eigenvalue weighted by Crippen LogP contribution is 2.24. The van der Waals surface area contributed by atoms with Crippen molar-refractivity contribution in [1.29, 1.82) is 0 Å². The van der Waals surface area contributed by atoms with Crippen LogP contribution in [0, 0.1) is 13.8 Å². The van der Waals surface area contributed by atoms with Gasteiger partial charge < -0.3 is 10.1 Å². The zero-order valence-electron chi connectivity index (χ0n) is 17.2. The van der Waals surface area contributed by atoms with Crippen LogP contribution >= 0.6 is 0 Å². The number of carbonyl (C=O) groups is 1. The highest BCUT2D eigenvalue weighted by atomic mass is 32.2.